The summed E-state index contributed by atoms with van der Waals surface area (Å²) in [6.45, 7) is 3.22. The number of para-hydroxylation sites is 1. The topological polar surface area (TPSA) is 79.3 Å². The van der Waals surface area contributed by atoms with Crippen LogP contribution in [0.3, 0.4) is 0 Å². The second kappa shape index (κ2) is 8.99. The van der Waals surface area contributed by atoms with Gasteiger partial charge in [0.15, 0.2) is 0 Å². The van der Waals surface area contributed by atoms with Gasteiger partial charge in [-0.05, 0) is 41.5 Å². The largest absolute Gasteiger partial charge is 0.368 e. The van der Waals surface area contributed by atoms with Crippen molar-refractivity contribution in [3.63, 3.8) is 0 Å². The van der Waals surface area contributed by atoms with Crippen molar-refractivity contribution >= 4 is 17.3 Å². The highest BCUT2D eigenvalue weighted by Gasteiger charge is 2.35. The van der Waals surface area contributed by atoms with Gasteiger partial charge in [0.25, 0.3) is 5.91 Å². The fraction of sp³-hybridized carbons (Fsp3) is 0.207. The zero-order chi connectivity index (χ0) is 24.6. The van der Waals surface area contributed by atoms with Crippen LogP contribution in [0.5, 0.6) is 0 Å². The highest BCUT2D eigenvalue weighted by atomic mass is 16.2. The van der Waals surface area contributed by atoms with Crippen LogP contribution < -0.4 is 9.80 Å². The summed E-state index contributed by atoms with van der Waals surface area (Å²) in [6, 6.07) is 26.5. The molecule has 3 heterocycles. The van der Waals surface area contributed by atoms with E-state index in [0.29, 0.717) is 5.56 Å². The maximum Gasteiger partial charge on any atom is 0.258 e. The summed E-state index contributed by atoms with van der Waals surface area (Å²) in [4.78, 5) is 19.8. The van der Waals surface area contributed by atoms with Gasteiger partial charge in [0, 0.05) is 56.2 Å². The molecule has 7 heteroatoms. The van der Waals surface area contributed by atoms with E-state index >= 15 is 0 Å². The molecule has 1 fully saturated rings. The highest BCUT2D eigenvalue weighted by molar-refractivity contribution is 6.08. The summed E-state index contributed by atoms with van der Waals surface area (Å²) >= 11 is 0. The van der Waals surface area contributed by atoms with Gasteiger partial charge in [0.1, 0.15) is 6.07 Å². The van der Waals surface area contributed by atoms with E-state index in [-0.39, 0.29) is 11.9 Å². The molecule has 0 bridgehead atoms. The van der Waals surface area contributed by atoms with Crippen LogP contribution in [-0.2, 0) is 0 Å². The summed E-state index contributed by atoms with van der Waals surface area (Å²) in [6.07, 6.45) is 1.71. The Morgan fingerprint density at radius 1 is 0.917 bits per heavy atom. The Bertz CT molecular complexity index is 1460. The summed E-state index contributed by atoms with van der Waals surface area (Å²) in [5.74, 6) is 0.0233. The van der Waals surface area contributed by atoms with Crippen LogP contribution in [0.1, 0.15) is 33.1 Å². The zero-order valence-corrected chi connectivity index (χ0v) is 20.1. The smallest absolute Gasteiger partial charge is 0.258 e. The number of benzene rings is 3. The molecular formula is C29H26N6O. The van der Waals surface area contributed by atoms with Crippen molar-refractivity contribution in [2.24, 2.45) is 0 Å². The molecule has 1 N–H and O–H groups in total. The molecule has 1 amide bonds. The molecule has 4 aromatic rings. The maximum absolute atomic E-state index is 13.3. The minimum absolute atomic E-state index is 0.00774. The number of carbonyl (C=O) groups excluding carboxylic acids is 1. The van der Waals surface area contributed by atoms with Crippen molar-refractivity contribution in [2.45, 2.75) is 6.04 Å². The van der Waals surface area contributed by atoms with E-state index in [4.69, 9.17) is 0 Å². The molecule has 7 nitrogen and oxygen atoms in total. The van der Waals surface area contributed by atoms with Crippen LogP contribution in [0, 0.1) is 11.3 Å². The molecule has 36 heavy (non-hydrogen) atoms. The number of nitriles is 1. The first-order valence-corrected chi connectivity index (χ1v) is 12.1. The summed E-state index contributed by atoms with van der Waals surface area (Å²) < 4.78 is 0. The Kier molecular flexibility index (Phi) is 5.51. The monoisotopic (exact) mass is 474 g/mol. The molecule has 0 spiro atoms. The Labute approximate surface area is 210 Å². The van der Waals surface area contributed by atoms with Gasteiger partial charge in [-0.3, -0.25) is 14.8 Å². The van der Waals surface area contributed by atoms with Crippen molar-refractivity contribution in [3.8, 4) is 17.3 Å². The molecule has 0 radical (unpaired) electrons. The molecule has 0 saturated carbocycles. The first kappa shape index (κ1) is 22.1. The fourth-order valence-corrected chi connectivity index (χ4v) is 5.51. The molecule has 2 aliphatic heterocycles. The van der Waals surface area contributed by atoms with Crippen molar-refractivity contribution in [2.75, 3.05) is 43.0 Å². The number of aromatic amines is 1. The highest BCUT2D eigenvalue weighted by Crippen LogP contribution is 2.40. The molecule has 1 aromatic heterocycles. The van der Waals surface area contributed by atoms with Gasteiger partial charge >= 0.3 is 0 Å². The third kappa shape index (κ3) is 3.63. The van der Waals surface area contributed by atoms with Gasteiger partial charge in [0.05, 0.1) is 23.0 Å². The van der Waals surface area contributed by atoms with Gasteiger partial charge in [-0.2, -0.15) is 10.4 Å². The van der Waals surface area contributed by atoms with Crippen LogP contribution in [0.4, 0.5) is 11.4 Å². The number of H-pyrrole nitrogens is 1. The lowest BCUT2D eigenvalue weighted by Crippen LogP contribution is -2.48. The van der Waals surface area contributed by atoms with Crippen molar-refractivity contribution in [1.82, 2.24) is 15.1 Å². The molecular weight excluding hydrogens is 448 g/mol. The Morgan fingerprint density at radius 3 is 2.42 bits per heavy atom. The molecule has 1 unspecified atom stereocenters. The first-order chi connectivity index (χ1) is 17.7. The van der Waals surface area contributed by atoms with E-state index in [1.807, 2.05) is 61.6 Å². The van der Waals surface area contributed by atoms with Crippen LogP contribution in [-0.4, -0.2) is 54.2 Å². The van der Waals surface area contributed by atoms with Gasteiger partial charge < -0.3 is 9.80 Å². The second-order valence-corrected chi connectivity index (χ2v) is 9.25. The molecule has 1 saturated heterocycles. The lowest BCUT2D eigenvalue weighted by molar-refractivity contribution is 0.0992. The van der Waals surface area contributed by atoms with E-state index in [1.54, 1.807) is 11.1 Å². The maximum atomic E-state index is 13.3. The zero-order valence-electron chi connectivity index (χ0n) is 20.1. The Balaban J connectivity index is 1.31. The molecule has 178 valence electrons. The van der Waals surface area contributed by atoms with Gasteiger partial charge in [-0.25, -0.2) is 0 Å². The lowest BCUT2D eigenvalue weighted by atomic mass is 9.93. The molecule has 3 aromatic carbocycles. The minimum atomic E-state index is -0.00774. The predicted octanol–water partition coefficient (Wildman–Crippen LogP) is 4.45. The van der Waals surface area contributed by atoms with E-state index in [0.717, 1.165) is 65.5 Å². The minimum Gasteiger partial charge on any atom is -0.368 e. The van der Waals surface area contributed by atoms with Crippen molar-refractivity contribution in [1.29, 1.82) is 5.26 Å². The van der Waals surface area contributed by atoms with Crippen LogP contribution in [0.25, 0.3) is 11.3 Å². The van der Waals surface area contributed by atoms with Crippen LogP contribution >= 0.6 is 0 Å². The van der Waals surface area contributed by atoms with Gasteiger partial charge in [0.2, 0.25) is 0 Å². The van der Waals surface area contributed by atoms with E-state index in [2.05, 4.69) is 44.3 Å². The average Bonchev–Trinajstić information content (AvgIpc) is 3.46. The third-order valence-corrected chi connectivity index (χ3v) is 7.33. The van der Waals surface area contributed by atoms with E-state index in [1.165, 1.54) is 0 Å². The van der Waals surface area contributed by atoms with Crippen LogP contribution in [0.15, 0.2) is 79.0 Å². The SMILES string of the molecule is CN1C(=O)c2ccccc2C(N2CCN(c3ccc(-c4ccn[nH]4)cc3C#N)CC2)c2ccccc21. The van der Waals surface area contributed by atoms with Crippen LogP contribution in [0.2, 0.25) is 0 Å². The number of nitrogens with one attached hydrogen (secondary N) is 1. The Hall–Kier alpha value is -4.41. The normalized spacial score (nSPS) is 17.8. The number of fused-ring (bicyclic) bond motifs is 2. The summed E-state index contributed by atoms with van der Waals surface area (Å²) in [7, 11) is 1.86. The standard InChI is InChI=1S/C29H26N6O/c1-33-27-9-5-4-8-24(27)28(22-6-2-3-7-23(22)29(33)36)35-16-14-34(15-17-35)26-11-10-20(18-21(26)19-30)25-12-13-31-32-25/h2-13,18,28H,14-17H2,1H3,(H,31,32). The predicted molar refractivity (Wildman–Crippen MR) is 140 cm³/mol. The molecule has 1 atom stereocenters. The molecule has 6 rings (SSSR count). The Morgan fingerprint density at radius 2 is 1.67 bits per heavy atom. The lowest BCUT2D eigenvalue weighted by Gasteiger charge is -2.41. The van der Waals surface area contributed by atoms with Gasteiger partial charge in [-0.15, -0.1) is 0 Å². The fourth-order valence-electron chi connectivity index (χ4n) is 5.51. The number of aromatic nitrogens is 2. The number of hydrogen-bond acceptors (Lipinski definition) is 5. The number of anilines is 2. The van der Waals surface area contributed by atoms with Crippen molar-refractivity contribution in [3.05, 3.63) is 101 Å². The first-order valence-electron chi connectivity index (χ1n) is 12.1. The number of amides is 1. The summed E-state index contributed by atoms with van der Waals surface area (Å²) in [5.41, 5.74) is 7.37. The quantitative estimate of drug-likeness (QED) is 0.475. The summed E-state index contributed by atoms with van der Waals surface area (Å²) in [5, 5.41) is 16.9. The van der Waals surface area contributed by atoms with E-state index in [9.17, 15) is 10.1 Å². The molecule has 2 aliphatic rings. The van der Waals surface area contributed by atoms with Gasteiger partial charge in [-0.1, -0.05) is 42.5 Å². The number of rotatable bonds is 3. The number of carbonyl (C=O) groups is 1. The number of hydrogen-bond donors (Lipinski definition) is 1. The van der Waals surface area contributed by atoms with E-state index < -0.39 is 0 Å². The third-order valence-electron chi connectivity index (χ3n) is 7.33. The second-order valence-electron chi connectivity index (χ2n) is 9.25. The number of nitrogens with zero attached hydrogens (tertiary/aromatic N) is 5. The van der Waals surface area contributed by atoms with Crippen molar-refractivity contribution < 1.29 is 4.79 Å². The average molecular weight is 475 g/mol. The number of piperazine rings is 1. The molecule has 0 aliphatic carbocycles.